The van der Waals surface area contributed by atoms with Crippen molar-refractivity contribution in [1.82, 2.24) is 9.88 Å². The average Bonchev–Trinajstić information content (AvgIpc) is 2.37. The number of rotatable bonds is 6. The first kappa shape index (κ1) is 14.7. The molecule has 0 aliphatic rings. The van der Waals surface area contributed by atoms with E-state index in [2.05, 4.69) is 10.4 Å². The maximum absolute atomic E-state index is 12.3. The standard InChI is InChI=1S/C12H19ClN4O/c1-3-5-17(6-4-2)12(18)9-7-10(13)11(16-14)15-8-9/h7-8H,3-6,14H2,1-2H3,(H,15,16). The van der Waals surface area contributed by atoms with Crippen LogP contribution in [0.5, 0.6) is 0 Å². The lowest BCUT2D eigenvalue weighted by Gasteiger charge is -2.21. The Hall–Kier alpha value is -1.33. The van der Waals surface area contributed by atoms with Crippen LogP contribution >= 0.6 is 11.6 Å². The van der Waals surface area contributed by atoms with E-state index < -0.39 is 0 Å². The highest BCUT2D eigenvalue weighted by Crippen LogP contribution is 2.20. The van der Waals surface area contributed by atoms with Crippen LogP contribution < -0.4 is 11.3 Å². The van der Waals surface area contributed by atoms with Gasteiger partial charge in [0.15, 0.2) is 5.82 Å². The van der Waals surface area contributed by atoms with E-state index in [9.17, 15) is 4.79 Å². The normalized spacial score (nSPS) is 10.2. The number of nitrogen functional groups attached to an aromatic ring is 1. The Morgan fingerprint density at radius 1 is 1.44 bits per heavy atom. The zero-order valence-corrected chi connectivity index (χ0v) is 11.5. The van der Waals surface area contributed by atoms with Gasteiger partial charge < -0.3 is 10.3 Å². The minimum atomic E-state index is -0.0447. The molecule has 0 spiro atoms. The number of hydrogen-bond donors (Lipinski definition) is 2. The molecule has 0 saturated heterocycles. The summed E-state index contributed by atoms with van der Waals surface area (Å²) in [5.41, 5.74) is 2.86. The van der Waals surface area contributed by atoms with Gasteiger partial charge in [-0.15, -0.1) is 0 Å². The lowest BCUT2D eigenvalue weighted by Crippen LogP contribution is -2.32. The number of nitrogens with two attached hydrogens (primary N) is 1. The Bertz CT molecular complexity index is 405. The summed E-state index contributed by atoms with van der Waals surface area (Å²) in [6.07, 6.45) is 3.34. The Morgan fingerprint density at radius 3 is 2.50 bits per heavy atom. The van der Waals surface area contributed by atoms with E-state index in [0.717, 1.165) is 25.9 Å². The molecule has 0 aliphatic heterocycles. The summed E-state index contributed by atoms with van der Waals surface area (Å²) < 4.78 is 0. The van der Waals surface area contributed by atoms with Gasteiger partial charge in [0.2, 0.25) is 0 Å². The van der Waals surface area contributed by atoms with E-state index in [-0.39, 0.29) is 5.91 Å². The van der Waals surface area contributed by atoms with Crippen molar-refractivity contribution in [2.45, 2.75) is 26.7 Å². The van der Waals surface area contributed by atoms with Crippen LogP contribution in [-0.2, 0) is 0 Å². The molecule has 0 radical (unpaired) electrons. The molecule has 100 valence electrons. The highest BCUT2D eigenvalue weighted by molar-refractivity contribution is 6.33. The molecule has 0 aliphatic carbocycles. The Morgan fingerprint density at radius 2 is 2.06 bits per heavy atom. The summed E-state index contributed by atoms with van der Waals surface area (Å²) in [6.45, 7) is 5.56. The van der Waals surface area contributed by atoms with Crippen LogP contribution in [0.4, 0.5) is 5.82 Å². The van der Waals surface area contributed by atoms with E-state index in [1.165, 1.54) is 6.20 Å². The smallest absolute Gasteiger partial charge is 0.255 e. The molecule has 1 aromatic rings. The summed E-state index contributed by atoms with van der Waals surface area (Å²) in [4.78, 5) is 18.1. The molecule has 0 unspecified atom stereocenters. The van der Waals surface area contributed by atoms with Gasteiger partial charge in [-0.2, -0.15) is 0 Å². The topological polar surface area (TPSA) is 71.2 Å². The number of halogens is 1. The van der Waals surface area contributed by atoms with Gasteiger partial charge >= 0.3 is 0 Å². The van der Waals surface area contributed by atoms with Crippen LogP contribution in [0.15, 0.2) is 12.3 Å². The van der Waals surface area contributed by atoms with E-state index in [0.29, 0.717) is 16.4 Å². The monoisotopic (exact) mass is 270 g/mol. The summed E-state index contributed by atoms with van der Waals surface area (Å²) in [5.74, 6) is 5.56. The summed E-state index contributed by atoms with van der Waals surface area (Å²) in [5, 5.41) is 0.344. The van der Waals surface area contributed by atoms with Crippen LogP contribution in [0, 0.1) is 0 Å². The second-order valence-corrected chi connectivity index (χ2v) is 4.40. The van der Waals surface area contributed by atoms with E-state index in [1.807, 2.05) is 18.7 Å². The number of anilines is 1. The van der Waals surface area contributed by atoms with Crippen molar-refractivity contribution >= 4 is 23.3 Å². The largest absolute Gasteiger partial charge is 0.339 e. The van der Waals surface area contributed by atoms with E-state index in [4.69, 9.17) is 17.4 Å². The Kier molecular flexibility index (Phi) is 5.88. The molecular formula is C12H19ClN4O. The maximum atomic E-state index is 12.3. The van der Waals surface area contributed by atoms with Gasteiger partial charge in [0.05, 0.1) is 10.6 Å². The van der Waals surface area contributed by atoms with Crippen LogP contribution in [-0.4, -0.2) is 28.9 Å². The first-order valence-electron chi connectivity index (χ1n) is 6.05. The average molecular weight is 271 g/mol. The predicted molar refractivity (Wildman–Crippen MR) is 73.5 cm³/mol. The van der Waals surface area contributed by atoms with Crippen LogP contribution in [0.1, 0.15) is 37.0 Å². The molecule has 18 heavy (non-hydrogen) atoms. The fourth-order valence-corrected chi connectivity index (χ4v) is 1.92. The van der Waals surface area contributed by atoms with Crippen molar-refractivity contribution in [3.05, 3.63) is 22.8 Å². The fourth-order valence-electron chi connectivity index (χ4n) is 1.70. The SMILES string of the molecule is CCCN(CCC)C(=O)c1cnc(NN)c(Cl)c1. The molecule has 1 amide bonds. The van der Waals surface area contributed by atoms with E-state index in [1.54, 1.807) is 6.07 Å². The molecule has 0 fully saturated rings. The molecule has 0 atom stereocenters. The number of hydrogen-bond acceptors (Lipinski definition) is 4. The second kappa shape index (κ2) is 7.18. The molecule has 3 N–H and O–H groups in total. The van der Waals surface area contributed by atoms with Gasteiger partial charge in [0.25, 0.3) is 5.91 Å². The quantitative estimate of drug-likeness (QED) is 0.615. The number of amides is 1. The van der Waals surface area contributed by atoms with Gasteiger partial charge in [0.1, 0.15) is 0 Å². The fraction of sp³-hybridized carbons (Fsp3) is 0.500. The third-order valence-corrected chi connectivity index (χ3v) is 2.79. The number of hydrazine groups is 1. The van der Waals surface area contributed by atoms with Crippen molar-refractivity contribution in [1.29, 1.82) is 0 Å². The summed E-state index contributed by atoms with van der Waals surface area (Å²) in [7, 11) is 0. The highest BCUT2D eigenvalue weighted by Gasteiger charge is 2.15. The van der Waals surface area contributed by atoms with Gasteiger partial charge in [-0.05, 0) is 18.9 Å². The maximum Gasteiger partial charge on any atom is 0.255 e. The number of carbonyl (C=O) groups is 1. The van der Waals surface area contributed by atoms with Gasteiger partial charge in [-0.1, -0.05) is 25.4 Å². The molecule has 0 bridgehead atoms. The molecule has 0 aromatic carbocycles. The van der Waals surface area contributed by atoms with Crippen molar-refractivity contribution < 1.29 is 4.79 Å². The Balaban J connectivity index is 2.90. The minimum Gasteiger partial charge on any atom is -0.339 e. The van der Waals surface area contributed by atoms with Crippen molar-refractivity contribution in [3.8, 4) is 0 Å². The summed E-state index contributed by atoms with van der Waals surface area (Å²) >= 11 is 5.96. The molecule has 1 rings (SSSR count). The van der Waals surface area contributed by atoms with Crippen molar-refractivity contribution in [2.75, 3.05) is 18.5 Å². The Labute approximate surface area is 112 Å². The van der Waals surface area contributed by atoms with Gasteiger partial charge in [-0.25, -0.2) is 10.8 Å². The molecule has 1 heterocycles. The third-order valence-electron chi connectivity index (χ3n) is 2.50. The van der Waals surface area contributed by atoms with Crippen LogP contribution in [0.2, 0.25) is 5.02 Å². The third kappa shape index (κ3) is 3.58. The number of carbonyl (C=O) groups excluding carboxylic acids is 1. The first-order chi connectivity index (χ1) is 8.63. The molecule has 0 saturated carbocycles. The zero-order valence-electron chi connectivity index (χ0n) is 10.7. The molecular weight excluding hydrogens is 252 g/mol. The summed E-state index contributed by atoms with van der Waals surface area (Å²) in [6, 6.07) is 1.59. The predicted octanol–water partition coefficient (Wildman–Crippen LogP) is 2.28. The van der Waals surface area contributed by atoms with Crippen LogP contribution in [0.3, 0.4) is 0 Å². The van der Waals surface area contributed by atoms with E-state index >= 15 is 0 Å². The number of nitrogens with zero attached hydrogens (tertiary/aromatic N) is 2. The van der Waals surface area contributed by atoms with Crippen molar-refractivity contribution in [2.24, 2.45) is 5.84 Å². The molecule has 6 heteroatoms. The number of aromatic nitrogens is 1. The highest BCUT2D eigenvalue weighted by atomic mass is 35.5. The lowest BCUT2D eigenvalue weighted by atomic mass is 10.2. The number of pyridine rings is 1. The van der Waals surface area contributed by atoms with Gasteiger partial charge in [0, 0.05) is 19.3 Å². The number of nitrogens with one attached hydrogen (secondary N) is 1. The molecule has 1 aromatic heterocycles. The van der Waals surface area contributed by atoms with Gasteiger partial charge in [-0.3, -0.25) is 4.79 Å². The van der Waals surface area contributed by atoms with Crippen molar-refractivity contribution in [3.63, 3.8) is 0 Å². The lowest BCUT2D eigenvalue weighted by molar-refractivity contribution is 0.0755. The van der Waals surface area contributed by atoms with Crippen LogP contribution in [0.25, 0.3) is 0 Å². The first-order valence-corrected chi connectivity index (χ1v) is 6.43. The zero-order chi connectivity index (χ0) is 13.5. The minimum absolute atomic E-state index is 0.0447. The molecule has 5 nitrogen and oxygen atoms in total. The second-order valence-electron chi connectivity index (χ2n) is 3.99.